The number of thiocarbonyl (C=S) groups is 1. The number of Topliss-reactive ketones (excluding diaryl/α,β-unsaturated/α-hetero) is 1. The minimum absolute atomic E-state index is 0.0831. The van der Waals surface area contributed by atoms with Crippen LogP contribution in [0.1, 0.15) is 35.1 Å². The van der Waals surface area contributed by atoms with Crippen molar-refractivity contribution in [2.45, 2.75) is 32.3 Å². The quantitative estimate of drug-likeness (QED) is 0.742. The van der Waals surface area contributed by atoms with Crippen LogP contribution < -0.4 is 4.74 Å². The van der Waals surface area contributed by atoms with Gasteiger partial charge in [0.15, 0.2) is 16.4 Å². The minimum Gasteiger partial charge on any atom is -0.489 e. The van der Waals surface area contributed by atoms with Crippen molar-refractivity contribution in [3.63, 3.8) is 0 Å². The van der Waals surface area contributed by atoms with Crippen molar-refractivity contribution in [2.75, 3.05) is 6.61 Å². The summed E-state index contributed by atoms with van der Waals surface area (Å²) in [4.78, 5) is 13.0. The molecule has 1 aliphatic heterocycles. The van der Waals surface area contributed by atoms with Crippen LogP contribution in [-0.2, 0) is 9.53 Å². The molecule has 1 heterocycles. The van der Waals surface area contributed by atoms with Gasteiger partial charge in [-0.15, -0.1) is 0 Å². The molecule has 4 nitrogen and oxygen atoms in total. The molecule has 2 unspecified atom stereocenters. The zero-order valence-corrected chi connectivity index (χ0v) is 16.0. The van der Waals surface area contributed by atoms with Crippen LogP contribution in [0.2, 0.25) is 0 Å². The number of ether oxygens (including phenoxy) is 2. The highest BCUT2D eigenvalue weighted by atomic mass is 32.1. The van der Waals surface area contributed by atoms with E-state index in [9.17, 15) is 9.18 Å². The SMILES string of the molecule is Cc1ccc(OCC2(C)OC(=S)C(c3ccc(C#N)c(C)c3)C2=O)cc1F. The molecule has 1 aliphatic rings. The molecule has 138 valence electrons. The highest BCUT2D eigenvalue weighted by Gasteiger charge is 2.51. The van der Waals surface area contributed by atoms with Crippen LogP contribution in [0.5, 0.6) is 5.75 Å². The van der Waals surface area contributed by atoms with Crippen molar-refractivity contribution in [3.05, 3.63) is 64.5 Å². The number of hydrogen-bond acceptors (Lipinski definition) is 5. The van der Waals surface area contributed by atoms with Gasteiger partial charge in [-0.25, -0.2) is 4.39 Å². The largest absolute Gasteiger partial charge is 0.489 e. The van der Waals surface area contributed by atoms with Crippen LogP contribution in [0.25, 0.3) is 0 Å². The lowest BCUT2D eigenvalue weighted by Gasteiger charge is -2.22. The second-order valence-electron chi connectivity index (χ2n) is 6.84. The van der Waals surface area contributed by atoms with E-state index in [0.717, 1.165) is 5.56 Å². The highest BCUT2D eigenvalue weighted by Crippen LogP contribution is 2.36. The van der Waals surface area contributed by atoms with E-state index in [2.05, 4.69) is 6.07 Å². The summed E-state index contributed by atoms with van der Waals surface area (Å²) in [6.45, 7) is 5.00. The summed E-state index contributed by atoms with van der Waals surface area (Å²) in [7, 11) is 0. The van der Waals surface area contributed by atoms with Crippen molar-refractivity contribution in [2.24, 2.45) is 0 Å². The third-order valence-corrected chi connectivity index (χ3v) is 5.03. The first-order valence-corrected chi connectivity index (χ1v) is 8.83. The predicted molar refractivity (Wildman–Crippen MR) is 102 cm³/mol. The van der Waals surface area contributed by atoms with Gasteiger partial charge in [0.25, 0.3) is 0 Å². The fourth-order valence-electron chi connectivity index (χ4n) is 3.01. The van der Waals surface area contributed by atoms with Gasteiger partial charge in [-0.05, 0) is 61.8 Å². The molecular formula is C21H18FNO3S. The lowest BCUT2D eigenvalue weighted by atomic mass is 9.88. The summed E-state index contributed by atoms with van der Waals surface area (Å²) in [5.74, 6) is -0.976. The molecule has 1 saturated heterocycles. The van der Waals surface area contributed by atoms with Gasteiger partial charge in [-0.3, -0.25) is 4.79 Å². The molecule has 0 radical (unpaired) electrons. The molecule has 0 saturated carbocycles. The van der Waals surface area contributed by atoms with Gasteiger partial charge >= 0.3 is 0 Å². The number of nitriles is 1. The molecule has 0 amide bonds. The Bertz CT molecular complexity index is 982. The summed E-state index contributed by atoms with van der Waals surface area (Å²) in [6, 6.07) is 11.8. The standard InChI is InChI=1S/C21H18FNO3S/c1-12-4-7-16(9-17(12)22)25-11-21(3)19(24)18(20(27)26-21)14-5-6-15(10-23)13(2)8-14/h4-9,18H,11H2,1-3H3. The number of halogens is 1. The van der Waals surface area contributed by atoms with Gasteiger partial charge in [-0.2, -0.15) is 5.26 Å². The maximum Gasteiger partial charge on any atom is 0.199 e. The Labute approximate surface area is 162 Å². The number of rotatable bonds is 4. The second-order valence-corrected chi connectivity index (χ2v) is 7.24. The monoisotopic (exact) mass is 383 g/mol. The van der Waals surface area contributed by atoms with E-state index in [0.29, 0.717) is 22.4 Å². The molecule has 27 heavy (non-hydrogen) atoms. The summed E-state index contributed by atoms with van der Waals surface area (Å²) < 4.78 is 25.0. The molecule has 6 heteroatoms. The number of hydrogen-bond donors (Lipinski definition) is 0. The fourth-order valence-corrected chi connectivity index (χ4v) is 3.43. The molecule has 2 aromatic rings. The molecular weight excluding hydrogens is 365 g/mol. The van der Waals surface area contributed by atoms with Gasteiger partial charge in [0.2, 0.25) is 0 Å². The maximum atomic E-state index is 13.7. The Kier molecular flexibility index (Phi) is 4.99. The van der Waals surface area contributed by atoms with Crippen molar-refractivity contribution >= 4 is 23.1 Å². The van der Waals surface area contributed by atoms with Crippen LogP contribution >= 0.6 is 12.2 Å². The Morgan fingerprint density at radius 3 is 2.63 bits per heavy atom. The Morgan fingerprint density at radius 1 is 1.26 bits per heavy atom. The van der Waals surface area contributed by atoms with Crippen molar-refractivity contribution < 1.29 is 18.7 Å². The Morgan fingerprint density at radius 2 is 2.00 bits per heavy atom. The van der Waals surface area contributed by atoms with Crippen molar-refractivity contribution in [1.29, 1.82) is 5.26 Å². The zero-order chi connectivity index (χ0) is 19.8. The molecule has 0 aromatic heterocycles. The van der Waals surface area contributed by atoms with E-state index >= 15 is 0 Å². The molecule has 2 atom stereocenters. The number of carbonyl (C=O) groups is 1. The van der Waals surface area contributed by atoms with E-state index in [1.54, 1.807) is 51.1 Å². The molecule has 0 N–H and O–H groups in total. The van der Waals surface area contributed by atoms with E-state index in [4.69, 9.17) is 27.0 Å². The molecule has 0 spiro atoms. The molecule has 0 bridgehead atoms. The number of aryl methyl sites for hydroxylation is 2. The van der Waals surface area contributed by atoms with Gasteiger partial charge in [0, 0.05) is 6.07 Å². The molecule has 2 aromatic carbocycles. The number of ketones is 1. The zero-order valence-electron chi connectivity index (χ0n) is 15.2. The molecule has 3 rings (SSSR count). The number of nitrogens with zero attached hydrogens (tertiary/aromatic N) is 1. The lowest BCUT2D eigenvalue weighted by Crippen LogP contribution is -2.40. The van der Waals surface area contributed by atoms with Gasteiger partial charge < -0.3 is 9.47 Å². The fraction of sp³-hybridized carbons (Fsp3) is 0.286. The second kappa shape index (κ2) is 7.09. The van der Waals surface area contributed by atoms with Crippen LogP contribution in [0.4, 0.5) is 4.39 Å². The van der Waals surface area contributed by atoms with Crippen LogP contribution in [0.15, 0.2) is 36.4 Å². The normalized spacial score (nSPS) is 21.7. The average Bonchev–Trinajstić information content (AvgIpc) is 2.85. The minimum atomic E-state index is -1.26. The lowest BCUT2D eigenvalue weighted by molar-refractivity contribution is -0.131. The van der Waals surface area contributed by atoms with E-state index in [1.807, 2.05) is 0 Å². The number of benzene rings is 2. The van der Waals surface area contributed by atoms with Crippen molar-refractivity contribution in [1.82, 2.24) is 0 Å². The van der Waals surface area contributed by atoms with E-state index in [1.165, 1.54) is 6.07 Å². The van der Waals surface area contributed by atoms with E-state index < -0.39 is 11.5 Å². The topological polar surface area (TPSA) is 59.3 Å². The summed E-state index contributed by atoms with van der Waals surface area (Å²) in [5.41, 5.74) is 1.25. The van der Waals surface area contributed by atoms with Crippen LogP contribution in [0.3, 0.4) is 0 Å². The summed E-state index contributed by atoms with van der Waals surface area (Å²) in [5, 5.41) is 9.24. The molecule has 0 aliphatic carbocycles. The Balaban J connectivity index is 1.80. The van der Waals surface area contributed by atoms with E-state index in [-0.39, 0.29) is 23.3 Å². The predicted octanol–water partition coefficient (Wildman–Crippen LogP) is 4.16. The third-order valence-electron chi connectivity index (χ3n) is 4.71. The first-order valence-electron chi connectivity index (χ1n) is 8.42. The third kappa shape index (κ3) is 3.56. The van der Waals surface area contributed by atoms with Gasteiger partial charge in [-0.1, -0.05) is 18.2 Å². The van der Waals surface area contributed by atoms with Crippen molar-refractivity contribution in [3.8, 4) is 11.8 Å². The summed E-state index contributed by atoms with van der Waals surface area (Å²) >= 11 is 5.30. The summed E-state index contributed by atoms with van der Waals surface area (Å²) in [6.07, 6.45) is 0. The first kappa shape index (κ1) is 19.0. The smallest absolute Gasteiger partial charge is 0.199 e. The van der Waals surface area contributed by atoms with Crippen LogP contribution in [-0.4, -0.2) is 23.0 Å². The first-order chi connectivity index (χ1) is 12.7. The van der Waals surface area contributed by atoms with Crippen LogP contribution in [0, 0.1) is 31.0 Å². The highest BCUT2D eigenvalue weighted by molar-refractivity contribution is 7.80. The number of carbonyl (C=O) groups excluding carboxylic acids is 1. The van der Waals surface area contributed by atoms with Gasteiger partial charge in [0.1, 0.15) is 24.1 Å². The Hall–Kier alpha value is -2.78. The maximum absolute atomic E-state index is 13.7. The van der Waals surface area contributed by atoms with Gasteiger partial charge in [0.05, 0.1) is 11.6 Å². The molecule has 1 fully saturated rings. The average molecular weight is 383 g/mol.